The summed E-state index contributed by atoms with van der Waals surface area (Å²) in [5.74, 6) is 0. The lowest BCUT2D eigenvalue weighted by molar-refractivity contribution is -0.114. The predicted octanol–water partition coefficient (Wildman–Crippen LogP) is 4.80. The molecular formula is C17H24ClNO. The van der Waals surface area contributed by atoms with Crippen LogP contribution in [0, 0.1) is 12.3 Å². The van der Waals surface area contributed by atoms with Gasteiger partial charge in [0.05, 0.1) is 6.10 Å². The molecule has 3 rings (SSSR count). The van der Waals surface area contributed by atoms with Gasteiger partial charge >= 0.3 is 0 Å². The molecule has 1 spiro atoms. The number of aryl methyl sites for hydroxylation is 1. The lowest BCUT2D eigenvalue weighted by Crippen LogP contribution is -2.60. The quantitative estimate of drug-likeness (QED) is 0.861. The lowest BCUT2D eigenvalue weighted by atomic mass is 9.60. The first-order valence-corrected chi connectivity index (χ1v) is 8.18. The maximum atomic E-state index is 6.04. The molecule has 1 N–H and O–H groups in total. The van der Waals surface area contributed by atoms with Gasteiger partial charge in [-0.25, -0.2) is 0 Å². The summed E-state index contributed by atoms with van der Waals surface area (Å²) in [5, 5.41) is 4.57. The van der Waals surface area contributed by atoms with E-state index in [0.717, 1.165) is 18.1 Å². The smallest absolute Gasteiger partial charge is 0.0670 e. The number of benzene rings is 1. The van der Waals surface area contributed by atoms with E-state index in [0.29, 0.717) is 17.6 Å². The van der Waals surface area contributed by atoms with Gasteiger partial charge in [-0.05, 0) is 56.9 Å². The third-order valence-corrected chi connectivity index (χ3v) is 5.44. The largest absolute Gasteiger partial charge is 0.381 e. The minimum atomic E-state index is 0.377. The summed E-state index contributed by atoms with van der Waals surface area (Å²) in [4.78, 5) is 0. The number of rotatable bonds is 4. The van der Waals surface area contributed by atoms with Gasteiger partial charge in [-0.15, -0.1) is 0 Å². The van der Waals surface area contributed by atoms with Gasteiger partial charge in [-0.3, -0.25) is 0 Å². The lowest BCUT2D eigenvalue weighted by Gasteiger charge is -2.54. The van der Waals surface area contributed by atoms with Gasteiger partial charge in [0, 0.05) is 28.8 Å². The van der Waals surface area contributed by atoms with E-state index in [1.807, 2.05) is 12.1 Å². The van der Waals surface area contributed by atoms with Crippen LogP contribution in [0.3, 0.4) is 0 Å². The van der Waals surface area contributed by atoms with E-state index in [4.69, 9.17) is 16.3 Å². The number of anilines is 1. The highest BCUT2D eigenvalue weighted by Gasteiger charge is 2.56. The highest BCUT2D eigenvalue weighted by atomic mass is 35.5. The molecule has 0 amide bonds. The SMILES string of the molecule is CCOC1CC(Nc2ccc(Cl)cc2C)C12CCCC2. The molecule has 1 aromatic rings. The van der Waals surface area contributed by atoms with Gasteiger partial charge in [0.15, 0.2) is 0 Å². The minimum Gasteiger partial charge on any atom is -0.381 e. The zero-order valence-corrected chi connectivity index (χ0v) is 13.2. The van der Waals surface area contributed by atoms with Crippen LogP contribution in [0.5, 0.6) is 0 Å². The Morgan fingerprint density at radius 2 is 2.10 bits per heavy atom. The van der Waals surface area contributed by atoms with E-state index in [1.165, 1.54) is 36.9 Å². The molecule has 1 aromatic carbocycles. The van der Waals surface area contributed by atoms with Crippen LogP contribution in [-0.4, -0.2) is 18.8 Å². The standard InChI is InChI=1S/C17H24ClNO/c1-3-20-16-11-15(17(16)8-4-5-9-17)19-14-7-6-13(18)10-12(14)2/h6-7,10,15-16,19H,3-5,8-9,11H2,1-2H3. The molecule has 2 atom stereocenters. The van der Waals surface area contributed by atoms with Crippen LogP contribution < -0.4 is 5.32 Å². The fraction of sp³-hybridized carbons (Fsp3) is 0.647. The van der Waals surface area contributed by atoms with Crippen LogP contribution in [0.15, 0.2) is 18.2 Å². The van der Waals surface area contributed by atoms with E-state index < -0.39 is 0 Å². The Kier molecular flexibility index (Phi) is 3.96. The molecule has 3 heteroatoms. The normalized spacial score (nSPS) is 27.6. The van der Waals surface area contributed by atoms with Gasteiger partial charge in [0.1, 0.15) is 0 Å². The van der Waals surface area contributed by atoms with Crippen molar-refractivity contribution in [3.8, 4) is 0 Å². The van der Waals surface area contributed by atoms with Crippen LogP contribution >= 0.6 is 11.6 Å². The maximum absolute atomic E-state index is 6.04. The van der Waals surface area contributed by atoms with Gasteiger partial charge in [-0.2, -0.15) is 0 Å². The van der Waals surface area contributed by atoms with E-state index in [2.05, 4.69) is 25.2 Å². The molecule has 2 saturated carbocycles. The first kappa shape index (κ1) is 14.2. The molecule has 2 aliphatic rings. The second kappa shape index (κ2) is 5.57. The summed E-state index contributed by atoms with van der Waals surface area (Å²) < 4.78 is 5.97. The molecule has 0 aliphatic heterocycles. The second-order valence-electron chi connectivity index (χ2n) is 6.28. The van der Waals surface area contributed by atoms with E-state index >= 15 is 0 Å². The molecule has 0 radical (unpaired) electrons. The van der Waals surface area contributed by atoms with Gasteiger partial charge in [-0.1, -0.05) is 24.4 Å². The van der Waals surface area contributed by atoms with Crippen molar-refractivity contribution in [3.63, 3.8) is 0 Å². The second-order valence-corrected chi connectivity index (χ2v) is 6.71. The highest BCUT2D eigenvalue weighted by Crippen LogP contribution is 2.55. The average molecular weight is 294 g/mol. The molecule has 110 valence electrons. The van der Waals surface area contributed by atoms with Crippen molar-refractivity contribution in [1.29, 1.82) is 0 Å². The van der Waals surface area contributed by atoms with E-state index in [9.17, 15) is 0 Å². The molecule has 2 nitrogen and oxygen atoms in total. The molecule has 2 unspecified atom stereocenters. The Hall–Kier alpha value is -0.730. The summed E-state index contributed by atoms with van der Waals surface area (Å²) >= 11 is 6.04. The number of hydrogen-bond acceptors (Lipinski definition) is 2. The zero-order chi connectivity index (χ0) is 14.2. The number of nitrogens with one attached hydrogen (secondary N) is 1. The summed E-state index contributed by atoms with van der Waals surface area (Å²) in [6.45, 7) is 5.06. The zero-order valence-electron chi connectivity index (χ0n) is 12.4. The van der Waals surface area contributed by atoms with Crippen LogP contribution in [0.2, 0.25) is 5.02 Å². The first-order valence-electron chi connectivity index (χ1n) is 7.80. The van der Waals surface area contributed by atoms with Crippen LogP contribution in [0.25, 0.3) is 0 Å². The third kappa shape index (κ3) is 2.33. The van der Waals surface area contributed by atoms with Crippen molar-refractivity contribution in [2.45, 2.75) is 58.1 Å². The molecule has 0 aromatic heterocycles. The van der Waals surface area contributed by atoms with Crippen LogP contribution in [0.1, 0.15) is 44.6 Å². The van der Waals surface area contributed by atoms with E-state index in [1.54, 1.807) is 0 Å². The highest BCUT2D eigenvalue weighted by molar-refractivity contribution is 6.30. The Morgan fingerprint density at radius 3 is 2.75 bits per heavy atom. The number of hydrogen-bond donors (Lipinski definition) is 1. The van der Waals surface area contributed by atoms with Crippen molar-refractivity contribution in [2.75, 3.05) is 11.9 Å². The molecule has 0 heterocycles. The van der Waals surface area contributed by atoms with Gasteiger partial charge < -0.3 is 10.1 Å². The Bertz CT molecular complexity index is 482. The third-order valence-electron chi connectivity index (χ3n) is 5.21. The Balaban J connectivity index is 1.74. The maximum Gasteiger partial charge on any atom is 0.0670 e. The molecule has 2 fully saturated rings. The molecule has 2 aliphatic carbocycles. The Labute approximate surface area is 126 Å². The molecule has 20 heavy (non-hydrogen) atoms. The summed E-state index contributed by atoms with van der Waals surface area (Å²) in [7, 11) is 0. The topological polar surface area (TPSA) is 21.3 Å². The number of ether oxygens (including phenoxy) is 1. The summed E-state index contributed by atoms with van der Waals surface area (Å²) in [6.07, 6.45) is 6.91. The van der Waals surface area contributed by atoms with E-state index in [-0.39, 0.29) is 0 Å². The minimum absolute atomic E-state index is 0.377. The monoisotopic (exact) mass is 293 g/mol. The molecule has 0 bridgehead atoms. The Morgan fingerprint density at radius 1 is 1.35 bits per heavy atom. The average Bonchev–Trinajstić information content (AvgIpc) is 2.92. The van der Waals surface area contributed by atoms with Crippen molar-refractivity contribution >= 4 is 17.3 Å². The summed E-state index contributed by atoms with van der Waals surface area (Å²) in [6, 6.07) is 6.66. The van der Waals surface area contributed by atoms with Crippen molar-refractivity contribution < 1.29 is 4.74 Å². The van der Waals surface area contributed by atoms with Gasteiger partial charge in [0.25, 0.3) is 0 Å². The molecular weight excluding hydrogens is 270 g/mol. The van der Waals surface area contributed by atoms with Crippen molar-refractivity contribution in [3.05, 3.63) is 28.8 Å². The van der Waals surface area contributed by atoms with Crippen molar-refractivity contribution in [2.24, 2.45) is 5.41 Å². The first-order chi connectivity index (χ1) is 9.65. The molecule has 0 saturated heterocycles. The van der Waals surface area contributed by atoms with Crippen LogP contribution in [-0.2, 0) is 4.74 Å². The van der Waals surface area contributed by atoms with Gasteiger partial charge in [0.2, 0.25) is 0 Å². The predicted molar refractivity (Wildman–Crippen MR) is 84.5 cm³/mol. The van der Waals surface area contributed by atoms with Crippen molar-refractivity contribution in [1.82, 2.24) is 0 Å². The summed E-state index contributed by atoms with van der Waals surface area (Å²) in [5.41, 5.74) is 2.83. The van der Waals surface area contributed by atoms with Crippen LogP contribution in [0.4, 0.5) is 5.69 Å². The fourth-order valence-corrected chi connectivity index (χ4v) is 4.29. The number of halogens is 1. The fourth-order valence-electron chi connectivity index (χ4n) is 4.07.